The maximum absolute atomic E-state index is 10.5. The van der Waals surface area contributed by atoms with E-state index in [0.29, 0.717) is 0 Å². The molecule has 1 N–H and O–H groups in total. The molecule has 0 aliphatic carbocycles. The first-order chi connectivity index (χ1) is 8.47. The zero-order valence-electron chi connectivity index (χ0n) is 13.2. The quantitative estimate of drug-likeness (QED) is 0.218. The van der Waals surface area contributed by atoms with Gasteiger partial charge in [0.2, 0.25) is 0 Å². The van der Waals surface area contributed by atoms with Crippen LogP contribution in [0.25, 0.3) is 0 Å². The summed E-state index contributed by atoms with van der Waals surface area (Å²) >= 11 is 0. The Morgan fingerprint density at radius 2 is 1.45 bits per heavy atom. The maximum atomic E-state index is 10.5. The van der Waals surface area contributed by atoms with Crippen LogP contribution < -0.4 is 64.2 Å². The number of carboxylic acid groups (broad SMARTS) is 1. The summed E-state index contributed by atoms with van der Waals surface area (Å²) in [5, 5.41) is 10.5. The van der Waals surface area contributed by atoms with Crippen LogP contribution >= 0.6 is 0 Å². The summed E-state index contributed by atoms with van der Waals surface area (Å²) in [7, 11) is 0. The van der Waals surface area contributed by atoms with Crippen LogP contribution in [-0.4, -0.2) is 17.7 Å². The van der Waals surface area contributed by atoms with E-state index >= 15 is 0 Å². The molecular weight excluding hydrogens is 302 g/mol. The van der Waals surface area contributed by atoms with Gasteiger partial charge in [0.25, 0.3) is 0 Å². The fourth-order valence-corrected chi connectivity index (χ4v) is 1.08. The number of hydrogen-bond donors (Lipinski definition) is 0. The van der Waals surface area contributed by atoms with Gasteiger partial charge in [0.1, 0.15) is 0 Å². The molecule has 0 heterocycles. The Labute approximate surface area is 177 Å². The van der Waals surface area contributed by atoms with Gasteiger partial charge in [-0.05, 0) is 25.7 Å². The van der Waals surface area contributed by atoms with Crippen molar-refractivity contribution in [2.24, 2.45) is 0 Å². The van der Waals surface area contributed by atoms with Crippen molar-refractivity contribution in [2.75, 3.05) is 0 Å². The fraction of sp³-hybridized carbons (Fsp3) is 0.250. The van der Waals surface area contributed by atoms with Gasteiger partial charge in [0, 0.05) is 0 Å². The van der Waals surface area contributed by atoms with Crippen LogP contribution in [0.2, 0.25) is 0 Å². The molecule has 0 aromatic carbocycles. The Kier molecular flexibility index (Phi) is 31.6. The molecule has 0 atom stereocenters. The molecule has 0 saturated heterocycles. The Bertz CT molecular complexity index is 459. The van der Waals surface area contributed by atoms with Crippen molar-refractivity contribution in [1.82, 2.24) is 0 Å². The first kappa shape index (κ1) is 33.4. The molecule has 112 valence electrons. The smallest absolute Gasteiger partial charge is 0.870 e. The van der Waals surface area contributed by atoms with Crippen LogP contribution in [0.5, 0.6) is 0 Å². The summed E-state index contributed by atoms with van der Waals surface area (Å²) in [5.74, 6) is -1.17. The van der Waals surface area contributed by atoms with Crippen molar-refractivity contribution >= 4 is 12.3 Å². The zero-order valence-corrected chi connectivity index (χ0v) is 17.2. The molecule has 22 heavy (non-hydrogen) atoms. The Balaban J connectivity index is -0.000000241. The van der Waals surface area contributed by atoms with Crippen molar-refractivity contribution in [3.05, 3.63) is 59.3 Å². The van der Waals surface area contributed by atoms with Gasteiger partial charge in [-0.2, -0.15) is 6.08 Å². The normalized spacial score (nSPS) is 11.9. The fourth-order valence-electron chi connectivity index (χ4n) is 1.08. The van der Waals surface area contributed by atoms with E-state index in [1.54, 1.807) is 37.5 Å². The van der Waals surface area contributed by atoms with E-state index in [-0.39, 0.29) is 77.6 Å². The van der Waals surface area contributed by atoms with E-state index in [4.69, 9.17) is 0 Å². The molecular formula is C16H21Na2O4-. The van der Waals surface area contributed by atoms with Gasteiger partial charge in [-0.1, -0.05) is 50.3 Å². The molecule has 0 aromatic heterocycles. The zero-order chi connectivity index (χ0) is 14.0. The molecule has 4 nitrogen and oxygen atoms in total. The van der Waals surface area contributed by atoms with E-state index in [2.05, 4.69) is 0 Å². The second-order valence-electron chi connectivity index (χ2n) is 3.77. The molecule has 0 spiro atoms. The number of carboxylic acids is 1. The van der Waals surface area contributed by atoms with Gasteiger partial charge in [-0.25, -0.2) is 6.08 Å². The average molecular weight is 323 g/mol. The van der Waals surface area contributed by atoms with E-state index in [1.807, 2.05) is 13.0 Å². The first-order valence-electron chi connectivity index (χ1n) is 5.43. The molecule has 0 amide bonds. The summed E-state index contributed by atoms with van der Waals surface area (Å²) in [5.41, 5.74) is 1.92. The SMILES string of the molecule is C.CC(/C=C/[C-]=O)=C\C=C\C=C(C)\C=C(/C)C(=O)[O-].[Na+].[Na+].[OH-]. The summed E-state index contributed by atoms with van der Waals surface area (Å²) in [6.45, 7) is 5.14. The summed E-state index contributed by atoms with van der Waals surface area (Å²) < 4.78 is 0. The molecule has 6 heteroatoms. The van der Waals surface area contributed by atoms with Gasteiger partial charge in [-0.15, -0.1) is 5.57 Å². The van der Waals surface area contributed by atoms with E-state index in [9.17, 15) is 14.7 Å². The summed E-state index contributed by atoms with van der Waals surface area (Å²) in [6.07, 6.45) is 13.3. The van der Waals surface area contributed by atoms with Gasteiger partial charge < -0.3 is 20.2 Å². The Morgan fingerprint density at radius 1 is 1.00 bits per heavy atom. The average Bonchev–Trinajstić information content (AvgIpc) is 2.31. The van der Waals surface area contributed by atoms with Gasteiger partial charge in [0.05, 0.1) is 5.97 Å². The first-order valence-corrected chi connectivity index (χ1v) is 5.43. The molecule has 0 fully saturated rings. The van der Waals surface area contributed by atoms with Crippen LogP contribution in [0.3, 0.4) is 0 Å². The van der Waals surface area contributed by atoms with E-state index in [0.717, 1.165) is 11.1 Å². The van der Waals surface area contributed by atoms with Gasteiger partial charge in [-0.3, -0.25) is 0 Å². The monoisotopic (exact) mass is 323 g/mol. The maximum Gasteiger partial charge on any atom is 1.00 e. The van der Waals surface area contributed by atoms with Crippen LogP contribution in [0.15, 0.2) is 59.3 Å². The van der Waals surface area contributed by atoms with Crippen LogP contribution in [0.4, 0.5) is 0 Å². The number of aliphatic carboxylic acids is 1. The molecule has 0 aromatic rings. The van der Waals surface area contributed by atoms with Crippen molar-refractivity contribution in [3.8, 4) is 0 Å². The van der Waals surface area contributed by atoms with Crippen molar-refractivity contribution in [3.63, 3.8) is 0 Å². The topological polar surface area (TPSA) is 87.2 Å². The third-order valence-electron chi connectivity index (χ3n) is 2.01. The number of carbonyl (C=O) groups is 1. The second-order valence-corrected chi connectivity index (χ2v) is 3.77. The molecule has 0 aliphatic heterocycles. The Hall–Kier alpha value is -0.200. The van der Waals surface area contributed by atoms with Crippen molar-refractivity contribution in [1.29, 1.82) is 0 Å². The van der Waals surface area contributed by atoms with Gasteiger partial charge >= 0.3 is 59.1 Å². The van der Waals surface area contributed by atoms with Crippen LogP contribution in [-0.2, 0) is 9.59 Å². The molecule has 0 aliphatic rings. The van der Waals surface area contributed by atoms with Crippen molar-refractivity contribution < 1.29 is 79.3 Å². The largest absolute Gasteiger partial charge is 1.00 e. The third-order valence-corrected chi connectivity index (χ3v) is 2.01. The molecule has 0 saturated carbocycles. The molecule has 0 unspecified atom stereocenters. The van der Waals surface area contributed by atoms with E-state index in [1.165, 1.54) is 19.1 Å². The number of rotatable bonds is 6. The molecule has 0 rings (SSSR count). The number of allylic oxidation sites excluding steroid dienone is 9. The van der Waals surface area contributed by atoms with Crippen LogP contribution in [0.1, 0.15) is 28.2 Å². The second kappa shape index (κ2) is 20.8. The third kappa shape index (κ3) is 19.8. The summed E-state index contributed by atoms with van der Waals surface area (Å²) in [4.78, 5) is 20.4. The minimum atomic E-state index is -1.17. The molecule has 0 bridgehead atoms. The van der Waals surface area contributed by atoms with E-state index < -0.39 is 5.97 Å². The number of carbonyl (C=O) groups excluding carboxylic acids is 2. The van der Waals surface area contributed by atoms with Crippen LogP contribution in [0, 0.1) is 0 Å². The Morgan fingerprint density at radius 3 is 1.86 bits per heavy atom. The predicted molar refractivity (Wildman–Crippen MR) is 78.9 cm³/mol. The minimum Gasteiger partial charge on any atom is -0.870 e. The van der Waals surface area contributed by atoms with Crippen molar-refractivity contribution in [2.45, 2.75) is 28.2 Å². The minimum absolute atomic E-state index is 0. The van der Waals surface area contributed by atoms with Gasteiger partial charge in [0.15, 0.2) is 0 Å². The summed E-state index contributed by atoms with van der Waals surface area (Å²) in [6, 6.07) is 0. The number of hydrogen-bond acceptors (Lipinski definition) is 4. The standard InChI is InChI=1S/C15H17O3.CH4.2Na.H2O/c1-12(9-6-10-16)7-4-5-8-13(2)11-14(3)15(17)18;;;;/h4-9,11H,1-3H3,(H,17,18);1H4;;;1H2/q-1;;2*+1;/p-2/b5-4+,9-6+,12-7+,13-8+,14-11+;;;;. The molecule has 0 radical (unpaired) electrons. The predicted octanol–water partition coefficient (Wildman–Crippen LogP) is -3.74.